The summed E-state index contributed by atoms with van der Waals surface area (Å²) in [6.07, 6.45) is -0.00649. The maximum Gasteiger partial charge on any atom is 0.253 e. The second kappa shape index (κ2) is 11.5. The fourth-order valence-corrected chi connectivity index (χ4v) is 3.75. The predicted molar refractivity (Wildman–Crippen MR) is 135 cm³/mol. The number of aryl methyl sites for hydroxylation is 1. The van der Waals surface area contributed by atoms with E-state index in [9.17, 15) is 14.4 Å². The van der Waals surface area contributed by atoms with Gasteiger partial charge in [0.2, 0.25) is 11.8 Å². The molecule has 2 N–H and O–H groups in total. The molecule has 7 heteroatoms. The number of nitrogens with one attached hydrogen (secondary N) is 2. The van der Waals surface area contributed by atoms with Crippen molar-refractivity contribution in [3.05, 3.63) is 100 Å². The molecule has 1 unspecified atom stereocenters. The Morgan fingerprint density at radius 1 is 0.912 bits per heavy atom. The summed E-state index contributed by atoms with van der Waals surface area (Å²) >= 11 is 6.17. The number of carbonyl (C=O) groups is 3. The molecule has 3 amide bonds. The number of amides is 3. The van der Waals surface area contributed by atoms with Gasteiger partial charge in [-0.3, -0.25) is 14.4 Å². The third kappa shape index (κ3) is 6.45. The Morgan fingerprint density at radius 2 is 1.59 bits per heavy atom. The number of benzene rings is 3. The van der Waals surface area contributed by atoms with Crippen LogP contribution >= 0.6 is 11.6 Å². The highest BCUT2D eigenvalue weighted by atomic mass is 35.5. The monoisotopic (exact) mass is 477 g/mol. The summed E-state index contributed by atoms with van der Waals surface area (Å²) in [5.74, 6) is -0.937. The largest absolute Gasteiger partial charge is 0.345 e. The minimum Gasteiger partial charge on any atom is -0.345 e. The fraction of sp³-hybridized carbons (Fsp3) is 0.222. The van der Waals surface area contributed by atoms with E-state index < -0.39 is 6.04 Å². The molecule has 0 bridgehead atoms. The van der Waals surface area contributed by atoms with Crippen molar-refractivity contribution in [3.63, 3.8) is 0 Å². The van der Waals surface area contributed by atoms with Gasteiger partial charge in [-0.25, -0.2) is 0 Å². The Kier molecular flexibility index (Phi) is 8.44. The second-order valence-corrected chi connectivity index (χ2v) is 8.57. The molecule has 0 aromatic heterocycles. The quantitative estimate of drug-likeness (QED) is 0.483. The van der Waals surface area contributed by atoms with E-state index in [2.05, 4.69) is 10.6 Å². The number of likely N-dealkylation sites (N-methyl/N-ethyl adjacent to an activating group) is 1. The van der Waals surface area contributed by atoms with Crippen LogP contribution in [0, 0.1) is 13.8 Å². The Hall–Kier alpha value is -3.64. The minimum absolute atomic E-state index is 0.00649. The van der Waals surface area contributed by atoms with Crippen LogP contribution in [0.15, 0.2) is 72.8 Å². The van der Waals surface area contributed by atoms with Crippen LogP contribution in [0.4, 0.5) is 5.69 Å². The fourth-order valence-electron chi connectivity index (χ4n) is 3.53. The molecule has 6 nitrogen and oxygen atoms in total. The van der Waals surface area contributed by atoms with Gasteiger partial charge in [-0.1, -0.05) is 66.2 Å². The van der Waals surface area contributed by atoms with Crippen LogP contribution in [0.25, 0.3) is 0 Å². The Labute approximate surface area is 204 Å². The molecule has 0 heterocycles. The molecular formula is C27H28ClN3O3. The lowest BCUT2D eigenvalue weighted by Gasteiger charge is -2.23. The number of halogens is 1. The number of nitrogens with zero attached hydrogens (tertiary/aromatic N) is 1. The molecular weight excluding hydrogens is 450 g/mol. The molecule has 0 saturated carbocycles. The number of rotatable bonds is 8. The molecule has 0 fully saturated rings. The van der Waals surface area contributed by atoms with E-state index in [0.717, 1.165) is 22.4 Å². The lowest BCUT2D eigenvalue weighted by molar-refractivity contribution is -0.133. The van der Waals surface area contributed by atoms with Crippen molar-refractivity contribution >= 4 is 35.0 Å². The van der Waals surface area contributed by atoms with Crippen LogP contribution in [0.2, 0.25) is 5.02 Å². The van der Waals surface area contributed by atoms with Gasteiger partial charge in [0.05, 0.1) is 29.6 Å². The predicted octanol–water partition coefficient (Wildman–Crippen LogP) is 4.92. The first-order valence-corrected chi connectivity index (χ1v) is 11.3. The van der Waals surface area contributed by atoms with Gasteiger partial charge in [0, 0.05) is 12.7 Å². The third-order valence-corrected chi connectivity index (χ3v) is 6.02. The van der Waals surface area contributed by atoms with Crippen LogP contribution in [-0.2, 0) is 9.59 Å². The summed E-state index contributed by atoms with van der Waals surface area (Å²) < 4.78 is 0. The van der Waals surface area contributed by atoms with E-state index in [1.54, 1.807) is 31.3 Å². The molecule has 1 atom stereocenters. The molecule has 0 aliphatic heterocycles. The van der Waals surface area contributed by atoms with Crippen molar-refractivity contribution in [1.29, 1.82) is 0 Å². The van der Waals surface area contributed by atoms with E-state index in [-0.39, 0.29) is 30.7 Å². The van der Waals surface area contributed by atoms with E-state index in [1.165, 1.54) is 4.90 Å². The van der Waals surface area contributed by atoms with Gasteiger partial charge in [-0.2, -0.15) is 0 Å². The van der Waals surface area contributed by atoms with Crippen molar-refractivity contribution in [3.8, 4) is 0 Å². The second-order valence-electron chi connectivity index (χ2n) is 8.17. The highest BCUT2D eigenvalue weighted by Gasteiger charge is 2.23. The van der Waals surface area contributed by atoms with Crippen LogP contribution in [0.1, 0.15) is 39.5 Å². The normalized spacial score (nSPS) is 11.4. The van der Waals surface area contributed by atoms with Gasteiger partial charge in [-0.05, 0) is 48.7 Å². The summed E-state index contributed by atoms with van der Waals surface area (Å²) in [5, 5.41) is 6.11. The Bertz CT molecular complexity index is 1180. The summed E-state index contributed by atoms with van der Waals surface area (Å²) in [4.78, 5) is 39.8. The molecule has 0 spiro atoms. The lowest BCUT2D eigenvalue weighted by atomic mass is 10.0. The van der Waals surface area contributed by atoms with E-state index in [1.807, 2.05) is 62.4 Å². The average Bonchev–Trinajstić information content (AvgIpc) is 2.82. The zero-order chi connectivity index (χ0) is 24.7. The van der Waals surface area contributed by atoms with Crippen LogP contribution in [-0.4, -0.2) is 36.2 Å². The zero-order valence-corrected chi connectivity index (χ0v) is 20.2. The number of hydrogen-bond donors (Lipinski definition) is 2. The van der Waals surface area contributed by atoms with Gasteiger partial charge in [0.15, 0.2) is 0 Å². The summed E-state index contributed by atoms with van der Waals surface area (Å²) in [5.41, 5.74) is 3.89. The molecule has 0 saturated heterocycles. The highest BCUT2D eigenvalue weighted by molar-refractivity contribution is 6.33. The first-order valence-electron chi connectivity index (χ1n) is 11.0. The molecule has 176 valence electrons. The average molecular weight is 478 g/mol. The van der Waals surface area contributed by atoms with Gasteiger partial charge >= 0.3 is 0 Å². The molecule has 3 aromatic carbocycles. The highest BCUT2D eigenvalue weighted by Crippen LogP contribution is 2.21. The van der Waals surface area contributed by atoms with E-state index in [4.69, 9.17) is 11.6 Å². The maximum atomic E-state index is 13.0. The standard InChI is InChI=1S/C27H28ClN3O3/c1-18-10-9-15-23(19(18)2)29-25(32)17-31(3)26(33)16-24(20-11-5-4-6-12-20)30-27(34)21-13-7-8-14-22(21)28/h4-15,24H,16-17H2,1-3H3,(H,29,32)(H,30,34). The van der Waals surface area contributed by atoms with Crippen LogP contribution < -0.4 is 10.6 Å². The van der Waals surface area contributed by atoms with Gasteiger partial charge in [0.1, 0.15) is 0 Å². The smallest absolute Gasteiger partial charge is 0.253 e. The van der Waals surface area contributed by atoms with E-state index >= 15 is 0 Å². The van der Waals surface area contributed by atoms with Crippen LogP contribution in [0.5, 0.6) is 0 Å². The Balaban J connectivity index is 1.68. The lowest BCUT2D eigenvalue weighted by Crippen LogP contribution is -2.38. The number of hydrogen-bond acceptors (Lipinski definition) is 3. The number of anilines is 1. The van der Waals surface area contributed by atoms with Gasteiger partial charge in [-0.15, -0.1) is 0 Å². The molecule has 3 aromatic rings. The summed E-state index contributed by atoms with van der Waals surface area (Å²) in [6.45, 7) is 3.80. The van der Waals surface area contributed by atoms with Crippen molar-refractivity contribution in [2.24, 2.45) is 0 Å². The van der Waals surface area contributed by atoms with Crippen molar-refractivity contribution in [2.75, 3.05) is 18.9 Å². The summed E-state index contributed by atoms with van der Waals surface area (Å²) in [7, 11) is 1.57. The third-order valence-electron chi connectivity index (χ3n) is 5.69. The first-order chi connectivity index (χ1) is 16.3. The topological polar surface area (TPSA) is 78.5 Å². The van der Waals surface area contributed by atoms with Gasteiger partial charge < -0.3 is 15.5 Å². The summed E-state index contributed by atoms with van der Waals surface area (Å²) in [6, 6.07) is 21.1. The SMILES string of the molecule is Cc1cccc(NC(=O)CN(C)C(=O)CC(NC(=O)c2ccccc2Cl)c2ccccc2)c1C. The van der Waals surface area contributed by atoms with E-state index in [0.29, 0.717) is 10.6 Å². The minimum atomic E-state index is -0.581. The maximum absolute atomic E-state index is 13.0. The molecule has 34 heavy (non-hydrogen) atoms. The van der Waals surface area contributed by atoms with Gasteiger partial charge in [0.25, 0.3) is 5.91 Å². The van der Waals surface area contributed by atoms with Crippen molar-refractivity contribution < 1.29 is 14.4 Å². The van der Waals surface area contributed by atoms with Crippen molar-refractivity contribution in [1.82, 2.24) is 10.2 Å². The number of carbonyl (C=O) groups excluding carboxylic acids is 3. The van der Waals surface area contributed by atoms with Crippen LogP contribution in [0.3, 0.4) is 0 Å². The Morgan fingerprint density at radius 3 is 2.29 bits per heavy atom. The molecule has 0 radical (unpaired) electrons. The molecule has 0 aliphatic rings. The molecule has 3 rings (SSSR count). The molecule has 0 aliphatic carbocycles. The zero-order valence-electron chi connectivity index (χ0n) is 19.5. The first kappa shape index (κ1) is 25.0. The van der Waals surface area contributed by atoms with Crippen molar-refractivity contribution in [2.45, 2.75) is 26.3 Å².